The van der Waals surface area contributed by atoms with E-state index in [9.17, 15) is 4.79 Å². The number of ether oxygens (including phenoxy) is 1. The predicted octanol–water partition coefficient (Wildman–Crippen LogP) is 4.33. The van der Waals surface area contributed by atoms with E-state index in [0.717, 1.165) is 23.4 Å². The Bertz CT molecular complexity index is 890. The molecule has 0 saturated heterocycles. The van der Waals surface area contributed by atoms with Gasteiger partial charge in [0.05, 0.1) is 7.11 Å². The van der Waals surface area contributed by atoms with Crippen molar-refractivity contribution >= 4 is 17.4 Å². The fourth-order valence-electron chi connectivity index (χ4n) is 2.64. The van der Waals surface area contributed by atoms with Crippen molar-refractivity contribution in [2.45, 2.75) is 19.9 Å². The van der Waals surface area contributed by atoms with Crippen molar-refractivity contribution in [1.82, 2.24) is 10.3 Å². The van der Waals surface area contributed by atoms with Gasteiger partial charge in [-0.1, -0.05) is 31.2 Å². The van der Waals surface area contributed by atoms with Crippen LogP contribution in [0.15, 0.2) is 66.9 Å². The Hall–Kier alpha value is -3.34. The summed E-state index contributed by atoms with van der Waals surface area (Å²) in [4.78, 5) is 16.7. The average Bonchev–Trinajstić information content (AvgIpc) is 2.73. The summed E-state index contributed by atoms with van der Waals surface area (Å²) in [5.74, 6) is 1.29. The van der Waals surface area contributed by atoms with E-state index in [1.54, 1.807) is 25.4 Å². The van der Waals surface area contributed by atoms with Crippen molar-refractivity contribution in [2.24, 2.45) is 0 Å². The predicted molar refractivity (Wildman–Crippen MR) is 108 cm³/mol. The molecule has 5 heteroatoms. The van der Waals surface area contributed by atoms with Crippen molar-refractivity contribution in [3.8, 4) is 5.75 Å². The molecule has 2 N–H and O–H groups in total. The van der Waals surface area contributed by atoms with E-state index < -0.39 is 0 Å². The van der Waals surface area contributed by atoms with Gasteiger partial charge in [-0.3, -0.25) is 4.79 Å². The van der Waals surface area contributed by atoms with E-state index >= 15 is 0 Å². The quantitative estimate of drug-likeness (QED) is 0.658. The van der Waals surface area contributed by atoms with Crippen molar-refractivity contribution in [3.63, 3.8) is 0 Å². The van der Waals surface area contributed by atoms with Crippen LogP contribution in [-0.2, 0) is 13.0 Å². The van der Waals surface area contributed by atoms with Crippen LogP contribution >= 0.6 is 0 Å². The molecule has 0 atom stereocenters. The molecule has 0 fully saturated rings. The molecular weight excluding hydrogens is 338 g/mol. The molecule has 138 valence electrons. The molecule has 0 bridgehead atoms. The first-order chi connectivity index (χ1) is 13.2. The molecule has 1 aromatic heterocycles. The van der Waals surface area contributed by atoms with Gasteiger partial charge in [-0.25, -0.2) is 4.98 Å². The second-order valence-corrected chi connectivity index (χ2v) is 6.14. The van der Waals surface area contributed by atoms with E-state index in [1.165, 1.54) is 5.56 Å². The van der Waals surface area contributed by atoms with Crippen molar-refractivity contribution in [3.05, 3.63) is 83.6 Å². The highest BCUT2D eigenvalue weighted by atomic mass is 16.5. The molecule has 2 aromatic carbocycles. The standard InChI is InChI=1S/C22H23N3O2/c1-3-16-4-8-19(9-5-16)25-21-14-18(12-13-23-21)22(26)24-15-17-6-10-20(27-2)11-7-17/h4-14H,3,15H2,1-2H3,(H,23,25)(H,24,26). The highest BCUT2D eigenvalue weighted by Crippen LogP contribution is 2.17. The molecule has 5 nitrogen and oxygen atoms in total. The summed E-state index contributed by atoms with van der Waals surface area (Å²) >= 11 is 0. The first-order valence-electron chi connectivity index (χ1n) is 8.91. The molecule has 3 aromatic rings. The number of rotatable bonds is 7. The van der Waals surface area contributed by atoms with Crippen LogP contribution in [0.25, 0.3) is 0 Å². The Kier molecular flexibility index (Phi) is 6.05. The number of aromatic nitrogens is 1. The monoisotopic (exact) mass is 361 g/mol. The van der Waals surface area contributed by atoms with Gasteiger partial charge >= 0.3 is 0 Å². The number of hydrogen-bond acceptors (Lipinski definition) is 4. The first kappa shape index (κ1) is 18.5. The molecule has 3 rings (SSSR count). The summed E-state index contributed by atoms with van der Waals surface area (Å²) in [6.45, 7) is 2.57. The Morgan fingerprint density at radius 1 is 1.00 bits per heavy atom. The second-order valence-electron chi connectivity index (χ2n) is 6.14. The van der Waals surface area contributed by atoms with Gasteiger partial charge in [-0.15, -0.1) is 0 Å². The van der Waals surface area contributed by atoms with Crippen molar-refractivity contribution in [1.29, 1.82) is 0 Å². The minimum absolute atomic E-state index is 0.141. The van der Waals surface area contributed by atoms with Crippen molar-refractivity contribution < 1.29 is 9.53 Å². The zero-order valence-corrected chi connectivity index (χ0v) is 15.5. The van der Waals surface area contributed by atoms with Crippen LogP contribution in [0.3, 0.4) is 0 Å². The molecule has 1 amide bonds. The van der Waals surface area contributed by atoms with Crippen LogP contribution < -0.4 is 15.4 Å². The summed E-state index contributed by atoms with van der Waals surface area (Å²) < 4.78 is 5.14. The lowest BCUT2D eigenvalue weighted by Crippen LogP contribution is -2.22. The lowest BCUT2D eigenvalue weighted by molar-refractivity contribution is 0.0951. The van der Waals surface area contributed by atoms with Crippen LogP contribution in [0.2, 0.25) is 0 Å². The number of benzene rings is 2. The van der Waals surface area contributed by atoms with E-state index in [-0.39, 0.29) is 5.91 Å². The normalized spacial score (nSPS) is 10.3. The molecular formula is C22H23N3O2. The summed E-state index contributed by atoms with van der Waals surface area (Å²) in [6.07, 6.45) is 2.63. The molecule has 0 radical (unpaired) electrons. The van der Waals surface area contributed by atoms with Gasteiger partial charge in [0, 0.05) is 24.0 Å². The summed E-state index contributed by atoms with van der Waals surface area (Å²) in [6, 6.07) is 19.2. The minimum Gasteiger partial charge on any atom is -0.497 e. The molecule has 0 spiro atoms. The number of amides is 1. The number of nitrogens with one attached hydrogen (secondary N) is 2. The third-order valence-corrected chi connectivity index (χ3v) is 4.27. The van der Waals surface area contributed by atoms with Gasteiger partial charge in [-0.2, -0.15) is 0 Å². The van der Waals surface area contributed by atoms with Gasteiger partial charge in [0.2, 0.25) is 0 Å². The highest BCUT2D eigenvalue weighted by Gasteiger charge is 2.07. The summed E-state index contributed by atoms with van der Waals surface area (Å²) in [5, 5.41) is 6.16. The van der Waals surface area contributed by atoms with Gasteiger partial charge in [0.1, 0.15) is 11.6 Å². The SMILES string of the molecule is CCc1ccc(Nc2cc(C(=O)NCc3ccc(OC)cc3)ccn2)cc1. The third-order valence-electron chi connectivity index (χ3n) is 4.27. The number of anilines is 2. The number of aryl methyl sites for hydroxylation is 1. The van der Waals surface area contributed by atoms with E-state index in [0.29, 0.717) is 17.9 Å². The lowest BCUT2D eigenvalue weighted by atomic mass is 10.1. The molecule has 0 aliphatic heterocycles. The maximum Gasteiger partial charge on any atom is 0.251 e. The van der Waals surface area contributed by atoms with Crippen LogP contribution in [0.4, 0.5) is 11.5 Å². The van der Waals surface area contributed by atoms with Gasteiger partial charge in [0.25, 0.3) is 5.91 Å². The van der Waals surface area contributed by atoms with Crippen molar-refractivity contribution in [2.75, 3.05) is 12.4 Å². The largest absolute Gasteiger partial charge is 0.497 e. The molecule has 27 heavy (non-hydrogen) atoms. The minimum atomic E-state index is -0.141. The molecule has 1 heterocycles. The fraction of sp³-hybridized carbons (Fsp3) is 0.182. The zero-order valence-electron chi connectivity index (χ0n) is 15.5. The number of methoxy groups -OCH3 is 1. The first-order valence-corrected chi connectivity index (χ1v) is 8.91. The zero-order chi connectivity index (χ0) is 19.1. The van der Waals surface area contributed by atoms with Gasteiger partial charge < -0.3 is 15.4 Å². The second kappa shape index (κ2) is 8.85. The van der Waals surface area contributed by atoms with Gasteiger partial charge in [-0.05, 0) is 53.9 Å². The summed E-state index contributed by atoms with van der Waals surface area (Å²) in [5.41, 5.74) is 3.79. The number of carbonyl (C=O) groups is 1. The Labute approximate surface area is 159 Å². The van der Waals surface area contributed by atoms with E-state index in [2.05, 4.69) is 34.7 Å². The van der Waals surface area contributed by atoms with Crippen LogP contribution in [0.1, 0.15) is 28.4 Å². The number of carbonyl (C=O) groups excluding carboxylic acids is 1. The highest BCUT2D eigenvalue weighted by molar-refractivity contribution is 5.94. The average molecular weight is 361 g/mol. The van der Waals surface area contributed by atoms with Gasteiger partial charge in [0.15, 0.2) is 0 Å². The summed E-state index contributed by atoms with van der Waals surface area (Å²) in [7, 11) is 1.63. The maximum absolute atomic E-state index is 12.4. The Balaban J connectivity index is 1.62. The number of hydrogen-bond donors (Lipinski definition) is 2. The molecule has 0 aliphatic carbocycles. The smallest absolute Gasteiger partial charge is 0.251 e. The van der Waals surface area contributed by atoms with E-state index in [1.807, 2.05) is 36.4 Å². The van der Waals surface area contributed by atoms with E-state index in [4.69, 9.17) is 4.74 Å². The Morgan fingerprint density at radius 3 is 2.37 bits per heavy atom. The molecule has 0 saturated carbocycles. The lowest BCUT2D eigenvalue weighted by Gasteiger charge is -2.09. The Morgan fingerprint density at radius 2 is 1.70 bits per heavy atom. The van der Waals surface area contributed by atoms with Crippen LogP contribution in [-0.4, -0.2) is 18.0 Å². The molecule has 0 unspecified atom stereocenters. The number of nitrogens with zero attached hydrogens (tertiary/aromatic N) is 1. The maximum atomic E-state index is 12.4. The van der Waals surface area contributed by atoms with Crippen LogP contribution in [0, 0.1) is 0 Å². The third kappa shape index (κ3) is 5.07. The molecule has 0 aliphatic rings. The fourth-order valence-corrected chi connectivity index (χ4v) is 2.64. The van der Waals surface area contributed by atoms with Crippen LogP contribution in [0.5, 0.6) is 5.75 Å². The topological polar surface area (TPSA) is 63.2 Å². The number of pyridine rings is 1.